The third-order valence-electron chi connectivity index (χ3n) is 5.51. The summed E-state index contributed by atoms with van der Waals surface area (Å²) in [7, 11) is -3.50. The number of amides is 1. The minimum atomic E-state index is -3.50. The SMILES string of the molecule is Cc1cc(C)c2nc(N(Cc3ccccc3)C(=O)CCCS(=O)(=O)c3ccc(Cl)cc3)sc2c1. The highest BCUT2D eigenvalue weighted by Crippen LogP contribution is 2.33. The Morgan fingerprint density at radius 2 is 1.74 bits per heavy atom. The van der Waals surface area contributed by atoms with Crippen LogP contribution in [0.1, 0.15) is 29.5 Å². The molecule has 0 N–H and O–H groups in total. The summed E-state index contributed by atoms with van der Waals surface area (Å²) in [5.74, 6) is -0.263. The van der Waals surface area contributed by atoms with Crippen LogP contribution in [0.2, 0.25) is 5.02 Å². The summed E-state index contributed by atoms with van der Waals surface area (Å²) in [5.41, 5.74) is 4.09. The zero-order valence-electron chi connectivity index (χ0n) is 19.0. The van der Waals surface area contributed by atoms with E-state index in [1.807, 2.05) is 44.2 Å². The first-order chi connectivity index (χ1) is 16.2. The van der Waals surface area contributed by atoms with Crippen molar-refractivity contribution in [2.75, 3.05) is 10.7 Å². The molecule has 0 radical (unpaired) electrons. The van der Waals surface area contributed by atoms with Crippen molar-refractivity contribution in [1.82, 2.24) is 4.98 Å². The molecule has 0 saturated heterocycles. The lowest BCUT2D eigenvalue weighted by Crippen LogP contribution is -2.30. The van der Waals surface area contributed by atoms with Gasteiger partial charge in [0.2, 0.25) is 5.91 Å². The Kier molecular flexibility index (Phi) is 7.36. The highest BCUT2D eigenvalue weighted by atomic mass is 35.5. The van der Waals surface area contributed by atoms with Crippen LogP contribution >= 0.6 is 22.9 Å². The number of benzene rings is 3. The molecule has 0 aliphatic carbocycles. The maximum absolute atomic E-state index is 13.3. The highest BCUT2D eigenvalue weighted by molar-refractivity contribution is 7.91. The lowest BCUT2D eigenvalue weighted by Gasteiger charge is -2.20. The molecule has 0 spiro atoms. The minimum absolute atomic E-state index is 0.105. The molecule has 5 nitrogen and oxygen atoms in total. The molecule has 0 atom stereocenters. The molecule has 4 rings (SSSR count). The predicted octanol–water partition coefficient (Wildman–Crippen LogP) is 6.35. The summed E-state index contributed by atoms with van der Waals surface area (Å²) < 4.78 is 26.4. The number of aryl methyl sites for hydroxylation is 2. The van der Waals surface area contributed by atoms with Crippen molar-refractivity contribution in [2.24, 2.45) is 0 Å². The van der Waals surface area contributed by atoms with Crippen molar-refractivity contribution < 1.29 is 13.2 Å². The number of aromatic nitrogens is 1. The second-order valence-corrected chi connectivity index (χ2v) is 11.8. The smallest absolute Gasteiger partial charge is 0.229 e. The van der Waals surface area contributed by atoms with Crippen molar-refractivity contribution >= 4 is 54.0 Å². The van der Waals surface area contributed by atoms with Gasteiger partial charge < -0.3 is 0 Å². The van der Waals surface area contributed by atoms with Gasteiger partial charge in [0.1, 0.15) is 0 Å². The van der Waals surface area contributed by atoms with E-state index in [0.29, 0.717) is 16.7 Å². The van der Waals surface area contributed by atoms with Gasteiger partial charge in [0.25, 0.3) is 0 Å². The largest absolute Gasteiger partial charge is 0.284 e. The third kappa shape index (κ3) is 5.66. The Hall–Kier alpha value is -2.74. The van der Waals surface area contributed by atoms with Crippen LogP contribution < -0.4 is 4.90 Å². The van der Waals surface area contributed by atoms with Crippen molar-refractivity contribution in [3.63, 3.8) is 0 Å². The molecule has 176 valence electrons. The first-order valence-electron chi connectivity index (χ1n) is 10.9. The monoisotopic (exact) mass is 512 g/mol. The summed E-state index contributed by atoms with van der Waals surface area (Å²) in [6, 6.07) is 20.0. The Morgan fingerprint density at radius 3 is 2.44 bits per heavy atom. The number of carbonyl (C=O) groups is 1. The number of hydrogen-bond acceptors (Lipinski definition) is 5. The van der Waals surface area contributed by atoms with Crippen molar-refractivity contribution in [2.45, 2.75) is 38.1 Å². The summed E-state index contributed by atoms with van der Waals surface area (Å²) in [6.45, 7) is 4.44. The molecule has 0 aliphatic rings. The van der Waals surface area contributed by atoms with E-state index in [-0.39, 0.29) is 29.4 Å². The molecule has 3 aromatic carbocycles. The first-order valence-corrected chi connectivity index (χ1v) is 13.8. The van der Waals surface area contributed by atoms with Gasteiger partial charge in [-0.05, 0) is 67.3 Å². The molecule has 8 heteroatoms. The molecule has 0 saturated carbocycles. The van der Waals surface area contributed by atoms with E-state index in [1.165, 1.54) is 23.5 Å². The fraction of sp³-hybridized carbons (Fsp3) is 0.231. The van der Waals surface area contributed by atoms with E-state index in [1.54, 1.807) is 17.0 Å². The zero-order valence-corrected chi connectivity index (χ0v) is 21.4. The van der Waals surface area contributed by atoms with Crippen LogP contribution in [0, 0.1) is 13.8 Å². The molecule has 34 heavy (non-hydrogen) atoms. The van der Waals surface area contributed by atoms with Crippen molar-refractivity contribution in [3.8, 4) is 0 Å². The molecule has 0 unspecified atom stereocenters. The Morgan fingerprint density at radius 1 is 1.03 bits per heavy atom. The Labute approximate surface area is 208 Å². The number of carbonyl (C=O) groups excluding carboxylic acids is 1. The average molecular weight is 513 g/mol. The van der Waals surface area contributed by atoms with E-state index in [0.717, 1.165) is 26.9 Å². The van der Waals surface area contributed by atoms with Gasteiger partial charge in [-0.3, -0.25) is 9.69 Å². The van der Waals surface area contributed by atoms with E-state index in [2.05, 4.69) is 12.1 Å². The Balaban J connectivity index is 1.55. The molecular weight excluding hydrogens is 488 g/mol. The van der Waals surface area contributed by atoms with Gasteiger partial charge in [-0.25, -0.2) is 13.4 Å². The molecule has 0 fully saturated rings. The summed E-state index contributed by atoms with van der Waals surface area (Å²) in [4.78, 5) is 20.0. The zero-order chi connectivity index (χ0) is 24.3. The topological polar surface area (TPSA) is 67.3 Å². The minimum Gasteiger partial charge on any atom is -0.284 e. The average Bonchev–Trinajstić information content (AvgIpc) is 3.22. The van der Waals surface area contributed by atoms with Crippen LogP contribution in [0.15, 0.2) is 71.6 Å². The van der Waals surface area contributed by atoms with Crippen molar-refractivity contribution in [1.29, 1.82) is 0 Å². The van der Waals surface area contributed by atoms with E-state index in [9.17, 15) is 13.2 Å². The molecule has 1 amide bonds. The van der Waals surface area contributed by atoms with Crippen LogP contribution in [0.5, 0.6) is 0 Å². The van der Waals surface area contributed by atoms with Gasteiger partial charge in [-0.15, -0.1) is 0 Å². The number of rotatable bonds is 8. The van der Waals surface area contributed by atoms with E-state index < -0.39 is 9.84 Å². The number of anilines is 1. The van der Waals surface area contributed by atoms with Crippen LogP contribution in [0.25, 0.3) is 10.2 Å². The molecule has 0 aliphatic heterocycles. The van der Waals surface area contributed by atoms with Gasteiger partial charge in [0.05, 0.1) is 27.4 Å². The summed E-state index contributed by atoms with van der Waals surface area (Å²) in [5, 5.41) is 1.10. The number of halogens is 1. The molecule has 1 heterocycles. The van der Waals surface area contributed by atoms with Gasteiger partial charge >= 0.3 is 0 Å². The highest BCUT2D eigenvalue weighted by Gasteiger charge is 2.22. The van der Waals surface area contributed by atoms with Gasteiger partial charge in [0.15, 0.2) is 15.0 Å². The number of fused-ring (bicyclic) bond motifs is 1. The fourth-order valence-corrected chi connectivity index (χ4v) is 6.41. The van der Waals surface area contributed by atoms with Gasteiger partial charge in [-0.1, -0.05) is 59.3 Å². The van der Waals surface area contributed by atoms with Crippen molar-refractivity contribution in [3.05, 3.63) is 88.4 Å². The van der Waals surface area contributed by atoms with Crippen LogP contribution in [0.4, 0.5) is 5.13 Å². The van der Waals surface area contributed by atoms with Crippen LogP contribution in [-0.4, -0.2) is 25.1 Å². The van der Waals surface area contributed by atoms with Crippen LogP contribution in [0.3, 0.4) is 0 Å². The van der Waals surface area contributed by atoms with E-state index in [4.69, 9.17) is 16.6 Å². The predicted molar refractivity (Wildman–Crippen MR) is 139 cm³/mol. The maximum atomic E-state index is 13.3. The standard InChI is InChI=1S/C26H25ClN2O3S2/c1-18-15-19(2)25-23(16-18)33-26(28-25)29(17-20-7-4-3-5-8-20)24(30)9-6-14-34(31,32)22-12-10-21(27)11-13-22/h3-5,7-8,10-13,15-16H,6,9,14,17H2,1-2H3. The number of sulfone groups is 1. The van der Waals surface area contributed by atoms with Crippen LogP contribution in [-0.2, 0) is 21.2 Å². The lowest BCUT2D eigenvalue weighted by molar-refractivity contribution is -0.118. The number of hydrogen-bond donors (Lipinski definition) is 0. The normalized spacial score (nSPS) is 11.6. The quantitative estimate of drug-likeness (QED) is 0.276. The molecule has 4 aromatic rings. The lowest BCUT2D eigenvalue weighted by atomic mass is 10.1. The third-order valence-corrected chi connectivity index (χ3v) is 8.60. The van der Waals surface area contributed by atoms with Gasteiger partial charge in [-0.2, -0.15) is 0 Å². The maximum Gasteiger partial charge on any atom is 0.229 e. The van der Waals surface area contributed by atoms with E-state index >= 15 is 0 Å². The molecular formula is C26H25ClN2O3S2. The number of nitrogens with zero attached hydrogens (tertiary/aromatic N) is 2. The second-order valence-electron chi connectivity index (χ2n) is 8.27. The summed E-state index contributed by atoms with van der Waals surface area (Å²) in [6.07, 6.45) is 0.325. The molecule has 1 aromatic heterocycles. The second kappa shape index (κ2) is 10.3. The Bertz CT molecular complexity index is 1420. The first kappa shape index (κ1) is 24.4. The fourth-order valence-electron chi connectivity index (χ4n) is 3.81. The molecule has 0 bridgehead atoms. The number of thiazole rings is 1. The summed E-state index contributed by atoms with van der Waals surface area (Å²) >= 11 is 7.35. The van der Waals surface area contributed by atoms with Gasteiger partial charge in [0, 0.05) is 11.4 Å².